The van der Waals surface area contributed by atoms with Crippen LogP contribution in [0.4, 0.5) is 0 Å². The minimum absolute atomic E-state index is 0.173. The van der Waals surface area contributed by atoms with E-state index in [1.54, 1.807) is 0 Å². The Morgan fingerprint density at radius 2 is 2.00 bits per heavy atom. The quantitative estimate of drug-likeness (QED) is 0.742. The van der Waals surface area contributed by atoms with Crippen LogP contribution in [0.3, 0.4) is 0 Å². The maximum Gasteiger partial charge on any atom is 0.123 e. The fraction of sp³-hybridized carbons (Fsp3) is 0.625. The second kappa shape index (κ2) is 6.79. The molecule has 2 atom stereocenters. The molecule has 0 amide bonds. The smallest absolute Gasteiger partial charge is 0.123 e. The summed E-state index contributed by atoms with van der Waals surface area (Å²) in [5.74, 6) is 1.12. The van der Waals surface area contributed by atoms with Crippen LogP contribution in [0, 0.1) is 0 Å². The Morgan fingerprint density at radius 3 is 2.83 bits per heavy atom. The van der Waals surface area contributed by atoms with E-state index in [1.165, 1.54) is 31.2 Å². The fourth-order valence-corrected chi connectivity index (χ4v) is 2.66. The van der Waals surface area contributed by atoms with Crippen molar-refractivity contribution in [3.05, 3.63) is 29.8 Å². The number of para-hydroxylation sites is 1. The van der Waals surface area contributed by atoms with Crippen molar-refractivity contribution in [1.82, 2.24) is 0 Å². The van der Waals surface area contributed by atoms with Crippen LogP contribution in [-0.2, 0) is 0 Å². The predicted octanol–water partition coefficient (Wildman–Crippen LogP) is 3.88. The zero-order valence-corrected chi connectivity index (χ0v) is 11.3. The molecule has 0 bridgehead atoms. The lowest BCUT2D eigenvalue weighted by atomic mass is 9.92. The molecule has 2 nitrogen and oxygen atoms in total. The lowest BCUT2D eigenvalue weighted by molar-refractivity contribution is 0.117. The largest absolute Gasteiger partial charge is 0.493 e. The van der Waals surface area contributed by atoms with Crippen LogP contribution in [0.25, 0.3) is 0 Å². The Bertz CT molecular complexity index is 362. The summed E-state index contributed by atoms with van der Waals surface area (Å²) < 4.78 is 5.62. The number of rotatable bonds is 7. The maximum absolute atomic E-state index is 10.3. The van der Waals surface area contributed by atoms with E-state index >= 15 is 0 Å². The van der Waals surface area contributed by atoms with E-state index in [-0.39, 0.29) is 12.0 Å². The number of ether oxygens (including phenoxy) is 1. The first-order chi connectivity index (χ1) is 8.83. The monoisotopic (exact) mass is 248 g/mol. The van der Waals surface area contributed by atoms with E-state index < -0.39 is 0 Å². The standard InChI is InChI=1S/C16H24O2/c1-2-3-4-5-6-10-15(17)14-12-18-16-11-8-7-9-13(14)16/h7-9,11,14-15,17H,2-6,10,12H2,1H3. The van der Waals surface area contributed by atoms with Gasteiger partial charge in [0.15, 0.2) is 0 Å². The van der Waals surface area contributed by atoms with Crippen LogP contribution < -0.4 is 4.74 Å². The maximum atomic E-state index is 10.3. The Kier molecular flexibility index (Phi) is 5.06. The Morgan fingerprint density at radius 1 is 1.22 bits per heavy atom. The van der Waals surface area contributed by atoms with Crippen LogP contribution in [0.5, 0.6) is 5.75 Å². The van der Waals surface area contributed by atoms with Crippen molar-refractivity contribution < 1.29 is 9.84 Å². The molecule has 0 fully saturated rings. The number of aliphatic hydroxyl groups is 1. The molecule has 1 aliphatic heterocycles. The normalized spacial score (nSPS) is 19.3. The molecule has 1 aromatic carbocycles. The molecular weight excluding hydrogens is 224 g/mol. The Hall–Kier alpha value is -1.02. The topological polar surface area (TPSA) is 29.5 Å². The van der Waals surface area contributed by atoms with Gasteiger partial charge in [-0.25, -0.2) is 0 Å². The molecule has 1 heterocycles. The zero-order chi connectivity index (χ0) is 12.8. The summed E-state index contributed by atoms with van der Waals surface area (Å²) in [6.45, 7) is 2.86. The van der Waals surface area contributed by atoms with E-state index in [9.17, 15) is 5.11 Å². The SMILES string of the molecule is CCCCCCCC(O)C1COc2ccccc21. The van der Waals surface area contributed by atoms with Crippen molar-refractivity contribution in [2.24, 2.45) is 0 Å². The highest BCUT2D eigenvalue weighted by molar-refractivity contribution is 5.40. The third-order valence-electron chi connectivity index (χ3n) is 3.80. The van der Waals surface area contributed by atoms with Crippen LogP contribution in [0.15, 0.2) is 24.3 Å². The summed E-state index contributed by atoms with van der Waals surface area (Å²) in [7, 11) is 0. The number of aliphatic hydroxyl groups excluding tert-OH is 1. The van der Waals surface area contributed by atoms with Gasteiger partial charge in [0.1, 0.15) is 5.75 Å². The van der Waals surface area contributed by atoms with E-state index in [1.807, 2.05) is 18.2 Å². The van der Waals surface area contributed by atoms with Gasteiger partial charge in [0.25, 0.3) is 0 Å². The summed E-state index contributed by atoms with van der Waals surface area (Å²) >= 11 is 0. The molecule has 0 saturated heterocycles. The molecule has 1 aromatic rings. The second-order valence-corrected chi connectivity index (χ2v) is 5.23. The molecule has 18 heavy (non-hydrogen) atoms. The fourth-order valence-electron chi connectivity index (χ4n) is 2.66. The van der Waals surface area contributed by atoms with Gasteiger partial charge < -0.3 is 9.84 Å². The molecule has 2 rings (SSSR count). The molecule has 2 unspecified atom stereocenters. The van der Waals surface area contributed by atoms with Gasteiger partial charge in [-0.1, -0.05) is 57.2 Å². The van der Waals surface area contributed by atoms with E-state index in [0.29, 0.717) is 6.61 Å². The summed E-state index contributed by atoms with van der Waals surface area (Å²) in [5, 5.41) is 10.3. The number of hydrogen-bond acceptors (Lipinski definition) is 2. The second-order valence-electron chi connectivity index (χ2n) is 5.23. The van der Waals surface area contributed by atoms with E-state index in [0.717, 1.165) is 18.6 Å². The zero-order valence-electron chi connectivity index (χ0n) is 11.3. The number of unbranched alkanes of at least 4 members (excludes halogenated alkanes) is 4. The third-order valence-corrected chi connectivity index (χ3v) is 3.80. The minimum Gasteiger partial charge on any atom is -0.493 e. The van der Waals surface area contributed by atoms with Crippen LogP contribution in [0.1, 0.15) is 56.9 Å². The first-order valence-electron chi connectivity index (χ1n) is 7.22. The minimum atomic E-state index is -0.254. The average molecular weight is 248 g/mol. The van der Waals surface area contributed by atoms with Crippen molar-refractivity contribution in [1.29, 1.82) is 0 Å². The van der Waals surface area contributed by atoms with Gasteiger partial charge in [0.05, 0.1) is 12.7 Å². The van der Waals surface area contributed by atoms with Crippen molar-refractivity contribution >= 4 is 0 Å². The lowest BCUT2D eigenvalue weighted by Gasteiger charge is -2.16. The average Bonchev–Trinajstić information content (AvgIpc) is 2.82. The van der Waals surface area contributed by atoms with Gasteiger partial charge in [0, 0.05) is 11.5 Å². The van der Waals surface area contributed by atoms with Gasteiger partial charge in [-0.2, -0.15) is 0 Å². The molecule has 0 saturated carbocycles. The number of benzene rings is 1. The highest BCUT2D eigenvalue weighted by atomic mass is 16.5. The highest BCUT2D eigenvalue weighted by Crippen LogP contribution is 2.36. The predicted molar refractivity (Wildman–Crippen MR) is 74.1 cm³/mol. The van der Waals surface area contributed by atoms with Crippen molar-refractivity contribution in [3.8, 4) is 5.75 Å². The molecule has 0 spiro atoms. The molecule has 0 aromatic heterocycles. The van der Waals surface area contributed by atoms with E-state index in [2.05, 4.69) is 13.0 Å². The Labute approximate surface area is 110 Å². The van der Waals surface area contributed by atoms with Gasteiger partial charge in [0.2, 0.25) is 0 Å². The summed E-state index contributed by atoms with van der Waals surface area (Å²) in [4.78, 5) is 0. The first-order valence-corrected chi connectivity index (χ1v) is 7.22. The van der Waals surface area contributed by atoms with Crippen molar-refractivity contribution in [3.63, 3.8) is 0 Å². The molecule has 0 aliphatic carbocycles. The highest BCUT2D eigenvalue weighted by Gasteiger charge is 2.29. The molecule has 0 radical (unpaired) electrons. The first kappa shape index (κ1) is 13.4. The molecule has 2 heteroatoms. The molecular formula is C16H24O2. The van der Waals surface area contributed by atoms with Crippen LogP contribution in [-0.4, -0.2) is 17.8 Å². The van der Waals surface area contributed by atoms with Gasteiger partial charge in [-0.05, 0) is 12.5 Å². The number of fused-ring (bicyclic) bond motifs is 1. The van der Waals surface area contributed by atoms with Crippen molar-refractivity contribution in [2.45, 2.75) is 57.5 Å². The summed E-state index contributed by atoms with van der Waals surface area (Å²) in [6, 6.07) is 8.07. The molecule has 100 valence electrons. The van der Waals surface area contributed by atoms with E-state index in [4.69, 9.17) is 4.74 Å². The third kappa shape index (κ3) is 3.26. The lowest BCUT2D eigenvalue weighted by Crippen LogP contribution is -2.19. The molecule has 1 aliphatic rings. The van der Waals surface area contributed by atoms with Gasteiger partial charge in [-0.3, -0.25) is 0 Å². The van der Waals surface area contributed by atoms with Gasteiger partial charge >= 0.3 is 0 Å². The number of hydrogen-bond donors (Lipinski definition) is 1. The van der Waals surface area contributed by atoms with Crippen molar-refractivity contribution in [2.75, 3.05) is 6.61 Å². The summed E-state index contributed by atoms with van der Waals surface area (Å²) in [5.41, 5.74) is 1.18. The van der Waals surface area contributed by atoms with Crippen LogP contribution in [0.2, 0.25) is 0 Å². The van der Waals surface area contributed by atoms with Crippen LogP contribution >= 0.6 is 0 Å². The van der Waals surface area contributed by atoms with Gasteiger partial charge in [-0.15, -0.1) is 0 Å². The Balaban J connectivity index is 1.78. The summed E-state index contributed by atoms with van der Waals surface area (Å²) in [6.07, 6.45) is 6.88. The molecule has 1 N–H and O–H groups in total.